The number of amides is 1. The number of carbonyl (C=O) groups is 1. The zero-order chi connectivity index (χ0) is 15.5. The smallest absolute Gasteiger partial charge is 0.322 e. The van der Waals surface area contributed by atoms with E-state index in [4.69, 9.17) is 0 Å². The van der Waals surface area contributed by atoms with Crippen molar-refractivity contribution in [2.24, 2.45) is 0 Å². The van der Waals surface area contributed by atoms with Gasteiger partial charge in [0.2, 0.25) is 0 Å². The predicted octanol–water partition coefficient (Wildman–Crippen LogP) is 4.71. The van der Waals surface area contributed by atoms with Crippen molar-refractivity contribution in [1.29, 1.82) is 0 Å². The maximum Gasteiger partial charge on any atom is 0.447 e. The number of nitrogens with one attached hydrogen (secondary N) is 1. The first-order valence-corrected chi connectivity index (χ1v) is 7.24. The Morgan fingerprint density at radius 2 is 1.86 bits per heavy atom. The maximum absolute atomic E-state index is 12.4. The summed E-state index contributed by atoms with van der Waals surface area (Å²) in [4.78, 5) is 15.7. The molecule has 1 N–H and O–H groups in total. The van der Waals surface area contributed by atoms with Gasteiger partial charge >= 0.3 is 5.51 Å². The molecule has 0 bridgehead atoms. The number of aromatic nitrogens is 1. The van der Waals surface area contributed by atoms with Crippen molar-refractivity contribution in [3.8, 4) is 0 Å². The molecule has 0 unspecified atom stereocenters. The third-order valence-corrected chi connectivity index (χ3v) is 3.61. The Kier molecular flexibility index (Phi) is 4.89. The Labute approximate surface area is 131 Å². The molecule has 0 saturated carbocycles. The van der Waals surface area contributed by atoms with Crippen molar-refractivity contribution in [2.75, 3.05) is 5.32 Å². The van der Waals surface area contributed by atoms with Crippen LogP contribution >= 0.6 is 27.7 Å². The summed E-state index contributed by atoms with van der Waals surface area (Å²) in [6.45, 7) is 0. The predicted molar refractivity (Wildman–Crippen MR) is 78.2 cm³/mol. The molecule has 0 spiro atoms. The van der Waals surface area contributed by atoms with E-state index in [0.29, 0.717) is 5.69 Å². The van der Waals surface area contributed by atoms with Crippen molar-refractivity contribution in [1.82, 2.24) is 4.98 Å². The Morgan fingerprint density at radius 1 is 1.19 bits per heavy atom. The van der Waals surface area contributed by atoms with Crippen LogP contribution in [0.4, 0.5) is 18.9 Å². The molecule has 0 aliphatic rings. The number of pyridine rings is 1. The molecule has 21 heavy (non-hydrogen) atoms. The second-order valence-corrected chi connectivity index (χ2v) is 5.83. The Hall–Kier alpha value is -1.54. The highest BCUT2D eigenvalue weighted by atomic mass is 79.9. The third-order valence-electron chi connectivity index (χ3n) is 2.33. The molecule has 0 atom stereocenters. The third kappa shape index (κ3) is 4.75. The number of carbonyl (C=O) groups excluding carboxylic acids is 1. The first kappa shape index (κ1) is 15.8. The number of benzene rings is 1. The SMILES string of the molecule is O=C(Nc1ccc(Br)cc1)c1cccnc1SC(F)(F)F. The zero-order valence-corrected chi connectivity index (χ0v) is 12.7. The number of hydrogen-bond donors (Lipinski definition) is 1. The average molecular weight is 377 g/mol. The highest BCUT2D eigenvalue weighted by molar-refractivity contribution is 9.10. The summed E-state index contributed by atoms with van der Waals surface area (Å²) < 4.78 is 38.2. The minimum absolute atomic E-state index is 0.122. The fourth-order valence-corrected chi connectivity index (χ4v) is 2.35. The van der Waals surface area contributed by atoms with Crippen LogP contribution in [0.2, 0.25) is 0 Å². The number of thioether (sulfide) groups is 1. The molecule has 0 fully saturated rings. The van der Waals surface area contributed by atoms with Crippen molar-refractivity contribution in [3.05, 3.63) is 52.6 Å². The van der Waals surface area contributed by atoms with Crippen LogP contribution in [0, 0.1) is 0 Å². The standard InChI is InChI=1S/C13H8BrF3N2OS/c14-8-3-5-9(6-4-8)19-11(20)10-2-1-7-18-12(10)21-13(15,16)17/h1-7H,(H,19,20). The molecule has 0 aliphatic heterocycles. The van der Waals surface area contributed by atoms with Gasteiger partial charge < -0.3 is 5.32 Å². The van der Waals surface area contributed by atoms with Crippen LogP contribution in [-0.4, -0.2) is 16.4 Å². The van der Waals surface area contributed by atoms with Gasteiger partial charge in [0.1, 0.15) is 5.03 Å². The van der Waals surface area contributed by atoms with E-state index in [2.05, 4.69) is 26.2 Å². The highest BCUT2D eigenvalue weighted by Gasteiger charge is 2.32. The lowest BCUT2D eigenvalue weighted by atomic mass is 10.2. The molecule has 8 heteroatoms. The van der Waals surface area contributed by atoms with Crippen LogP contribution in [0.15, 0.2) is 52.1 Å². The molecule has 2 rings (SSSR count). The van der Waals surface area contributed by atoms with Gasteiger partial charge in [0.15, 0.2) is 0 Å². The second-order valence-electron chi connectivity index (χ2n) is 3.86. The highest BCUT2D eigenvalue weighted by Crippen LogP contribution is 2.37. The van der Waals surface area contributed by atoms with E-state index >= 15 is 0 Å². The van der Waals surface area contributed by atoms with Crippen molar-refractivity contribution >= 4 is 39.3 Å². The molecular formula is C13H8BrF3N2OS. The van der Waals surface area contributed by atoms with Gasteiger partial charge in [-0.05, 0) is 36.4 Å². The average Bonchev–Trinajstić information content (AvgIpc) is 2.40. The van der Waals surface area contributed by atoms with Crippen LogP contribution in [0.5, 0.6) is 0 Å². The minimum Gasteiger partial charge on any atom is -0.322 e. The molecule has 110 valence electrons. The Morgan fingerprint density at radius 3 is 2.48 bits per heavy atom. The van der Waals surface area contributed by atoms with Gasteiger partial charge in [0.25, 0.3) is 5.91 Å². The molecule has 0 saturated heterocycles. The zero-order valence-electron chi connectivity index (χ0n) is 10.3. The molecule has 0 aliphatic carbocycles. The first-order valence-electron chi connectivity index (χ1n) is 5.63. The topological polar surface area (TPSA) is 42.0 Å². The van der Waals surface area contributed by atoms with E-state index < -0.39 is 23.2 Å². The summed E-state index contributed by atoms with van der Waals surface area (Å²) in [6, 6.07) is 9.41. The summed E-state index contributed by atoms with van der Waals surface area (Å²) in [6.07, 6.45) is 1.21. The van der Waals surface area contributed by atoms with Gasteiger partial charge in [-0.15, -0.1) is 0 Å². The fraction of sp³-hybridized carbons (Fsp3) is 0.0769. The van der Waals surface area contributed by atoms with E-state index in [-0.39, 0.29) is 10.6 Å². The van der Waals surface area contributed by atoms with E-state index in [9.17, 15) is 18.0 Å². The largest absolute Gasteiger partial charge is 0.447 e. The first-order chi connectivity index (χ1) is 9.85. The quantitative estimate of drug-likeness (QED) is 0.788. The van der Waals surface area contributed by atoms with Gasteiger partial charge in [-0.25, -0.2) is 4.98 Å². The van der Waals surface area contributed by atoms with Crippen molar-refractivity contribution in [2.45, 2.75) is 10.5 Å². The summed E-state index contributed by atoms with van der Waals surface area (Å²) in [5, 5.41) is 2.16. The number of anilines is 1. The van der Waals surface area contributed by atoms with Gasteiger partial charge in [-0.1, -0.05) is 15.9 Å². The van der Waals surface area contributed by atoms with Crippen LogP contribution in [0.1, 0.15) is 10.4 Å². The summed E-state index contributed by atoms with van der Waals surface area (Å²) in [5.41, 5.74) is -4.14. The number of nitrogens with zero attached hydrogens (tertiary/aromatic N) is 1. The lowest BCUT2D eigenvalue weighted by Gasteiger charge is -2.10. The lowest BCUT2D eigenvalue weighted by molar-refractivity contribution is -0.0329. The number of hydrogen-bond acceptors (Lipinski definition) is 3. The summed E-state index contributed by atoms with van der Waals surface area (Å²) in [5.74, 6) is -0.642. The monoisotopic (exact) mass is 376 g/mol. The fourth-order valence-electron chi connectivity index (χ4n) is 1.49. The van der Waals surface area contributed by atoms with E-state index in [1.807, 2.05) is 0 Å². The molecule has 0 radical (unpaired) electrons. The molecule has 3 nitrogen and oxygen atoms in total. The number of halogens is 4. The number of rotatable bonds is 3. The van der Waals surface area contributed by atoms with Crippen molar-refractivity contribution in [3.63, 3.8) is 0 Å². The Balaban J connectivity index is 2.21. The molecule has 1 heterocycles. The molecule has 1 aromatic carbocycles. The summed E-state index contributed by atoms with van der Waals surface area (Å²) >= 11 is 2.84. The van der Waals surface area contributed by atoms with Gasteiger partial charge in [-0.2, -0.15) is 13.2 Å². The van der Waals surface area contributed by atoms with Crippen LogP contribution in [0.3, 0.4) is 0 Å². The van der Waals surface area contributed by atoms with Crippen molar-refractivity contribution < 1.29 is 18.0 Å². The Bertz CT molecular complexity index is 647. The number of alkyl halides is 3. The lowest BCUT2D eigenvalue weighted by Crippen LogP contribution is -2.14. The molecule has 1 aromatic heterocycles. The second kappa shape index (κ2) is 6.48. The van der Waals surface area contributed by atoms with E-state index in [1.54, 1.807) is 24.3 Å². The van der Waals surface area contributed by atoms with Gasteiger partial charge in [-0.3, -0.25) is 4.79 Å². The maximum atomic E-state index is 12.4. The molecule has 2 aromatic rings. The molecule has 1 amide bonds. The summed E-state index contributed by atoms with van der Waals surface area (Å²) in [7, 11) is 0. The minimum atomic E-state index is -4.50. The van der Waals surface area contributed by atoms with E-state index in [1.165, 1.54) is 18.3 Å². The van der Waals surface area contributed by atoms with E-state index in [0.717, 1.165) is 4.47 Å². The van der Waals surface area contributed by atoms with Gasteiger partial charge in [0.05, 0.1) is 5.56 Å². The van der Waals surface area contributed by atoms with Gasteiger partial charge in [0, 0.05) is 28.1 Å². The normalized spacial score (nSPS) is 11.2. The molecular weight excluding hydrogens is 369 g/mol. The van der Waals surface area contributed by atoms with Crippen LogP contribution < -0.4 is 5.32 Å². The van der Waals surface area contributed by atoms with Crippen LogP contribution in [0.25, 0.3) is 0 Å². The van der Waals surface area contributed by atoms with Crippen LogP contribution in [-0.2, 0) is 0 Å².